The van der Waals surface area contributed by atoms with Crippen LogP contribution in [0.2, 0.25) is 0 Å². The van der Waals surface area contributed by atoms with Gasteiger partial charge in [0, 0.05) is 6.04 Å². The molecule has 1 heterocycles. The molecule has 0 fully saturated rings. The number of carboxylic acids is 1. The Morgan fingerprint density at radius 1 is 1.59 bits per heavy atom. The molecule has 0 aliphatic rings. The molecule has 0 saturated carbocycles. The number of aromatic nitrogens is 1. The third-order valence-corrected chi connectivity index (χ3v) is 3.05. The normalized spacial score (nSPS) is 13.5. The maximum Gasteiger partial charge on any atom is 0.435 e. The van der Waals surface area contributed by atoms with Gasteiger partial charge in [-0.25, -0.2) is 9.78 Å². The zero-order valence-corrected chi connectivity index (χ0v) is 9.95. The van der Waals surface area contributed by atoms with Crippen LogP contribution in [0, 0.1) is 0 Å². The first-order chi connectivity index (χ1) is 7.75. The standard InChI is InChI=1S/C9H11F3N2O2S/c1-3-4(2)13-8-14-6(9(10,11)12)5(17-8)7(15)16/h4H,3H2,1-2H3,(H,13,14)(H,15,16). The number of nitrogens with zero attached hydrogens (tertiary/aromatic N) is 1. The van der Waals surface area contributed by atoms with E-state index in [1.807, 2.05) is 6.92 Å². The number of thiazole rings is 1. The number of alkyl halides is 3. The van der Waals surface area contributed by atoms with E-state index in [4.69, 9.17) is 5.11 Å². The highest BCUT2D eigenvalue weighted by Crippen LogP contribution is 2.36. The summed E-state index contributed by atoms with van der Waals surface area (Å²) < 4.78 is 37.5. The molecule has 0 bridgehead atoms. The Hall–Kier alpha value is -1.31. The van der Waals surface area contributed by atoms with Crippen LogP contribution in [0.25, 0.3) is 0 Å². The van der Waals surface area contributed by atoms with E-state index in [-0.39, 0.29) is 11.2 Å². The van der Waals surface area contributed by atoms with Crippen LogP contribution in [0.1, 0.15) is 35.6 Å². The van der Waals surface area contributed by atoms with E-state index in [0.717, 1.165) is 0 Å². The Labute approximate surface area is 99.5 Å². The molecule has 17 heavy (non-hydrogen) atoms. The van der Waals surface area contributed by atoms with Gasteiger partial charge in [-0.3, -0.25) is 0 Å². The minimum absolute atomic E-state index is 0.0240. The number of carboxylic acid groups (broad SMARTS) is 1. The van der Waals surface area contributed by atoms with Crippen molar-refractivity contribution >= 4 is 22.4 Å². The lowest BCUT2D eigenvalue weighted by molar-refractivity contribution is -0.141. The number of rotatable bonds is 4. The number of anilines is 1. The van der Waals surface area contributed by atoms with Gasteiger partial charge in [0.25, 0.3) is 0 Å². The van der Waals surface area contributed by atoms with Crippen molar-refractivity contribution in [2.24, 2.45) is 0 Å². The molecule has 4 nitrogen and oxygen atoms in total. The minimum Gasteiger partial charge on any atom is -0.477 e. The van der Waals surface area contributed by atoms with E-state index >= 15 is 0 Å². The lowest BCUT2D eigenvalue weighted by Gasteiger charge is -2.08. The molecule has 0 aliphatic heterocycles. The van der Waals surface area contributed by atoms with Crippen LogP contribution in [-0.2, 0) is 6.18 Å². The van der Waals surface area contributed by atoms with E-state index in [1.165, 1.54) is 0 Å². The second-order valence-electron chi connectivity index (χ2n) is 3.45. The van der Waals surface area contributed by atoms with Gasteiger partial charge in [-0.2, -0.15) is 13.2 Å². The summed E-state index contributed by atoms with van der Waals surface area (Å²) in [4.78, 5) is 13.2. The molecule has 0 aliphatic carbocycles. The summed E-state index contributed by atoms with van der Waals surface area (Å²) in [7, 11) is 0. The van der Waals surface area contributed by atoms with Crippen LogP contribution < -0.4 is 5.32 Å². The first kappa shape index (κ1) is 13.8. The van der Waals surface area contributed by atoms with Crippen molar-refractivity contribution in [3.8, 4) is 0 Å². The van der Waals surface area contributed by atoms with Crippen LogP contribution in [0.5, 0.6) is 0 Å². The largest absolute Gasteiger partial charge is 0.477 e. The minimum atomic E-state index is -4.75. The molecule has 1 aromatic rings. The molecule has 1 unspecified atom stereocenters. The van der Waals surface area contributed by atoms with Gasteiger partial charge in [-0.15, -0.1) is 0 Å². The highest BCUT2D eigenvalue weighted by molar-refractivity contribution is 7.17. The first-order valence-electron chi connectivity index (χ1n) is 4.83. The van der Waals surface area contributed by atoms with E-state index in [9.17, 15) is 18.0 Å². The van der Waals surface area contributed by atoms with E-state index in [2.05, 4.69) is 10.3 Å². The van der Waals surface area contributed by atoms with E-state index in [0.29, 0.717) is 17.8 Å². The average molecular weight is 268 g/mol. The summed E-state index contributed by atoms with van der Waals surface area (Å²) in [6.07, 6.45) is -4.05. The van der Waals surface area contributed by atoms with Crippen LogP contribution in [0.3, 0.4) is 0 Å². The Kier molecular flexibility index (Phi) is 3.97. The Morgan fingerprint density at radius 3 is 2.53 bits per heavy atom. The zero-order valence-electron chi connectivity index (χ0n) is 9.13. The molecule has 0 aromatic carbocycles. The molecule has 0 spiro atoms. The second-order valence-corrected chi connectivity index (χ2v) is 4.45. The Balaban J connectivity index is 3.09. The van der Waals surface area contributed by atoms with E-state index < -0.39 is 22.7 Å². The van der Waals surface area contributed by atoms with Gasteiger partial charge in [0.2, 0.25) is 0 Å². The number of hydrogen-bond donors (Lipinski definition) is 2. The lowest BCUT2D eigenvalue weighted by atomic mass is 10.3. The fourth-order valence-corrected chi connectivity index (χ4v) is 1.97. The fraction of sp³-hybridized carbons (Fsp3) is 0.556. The summed E-state index contributed by atoms with van der Waals surface area (Å²) in [6.45, 7) is 3.63. The highest BCUT2D eigenvalue weighted by atomic mass is 32.1. The third kappa shape index (κ3) is 3.32. The van der Waals surface area contributed by atoms with Crippen molar-refractivity contribution in [1.82, 2.24) is 4.98 Å². The SMILES string of the molecule is CCC(C)Nc1nc(C(F)(F)F)c(C(=O)O)s1. The molecular weight excluding hydrogens is 257 g/mol. The van der Waals surface area contributed by atoms with Gasteiger partial charge >= 0.3 is 12.1 Å². The molecular formula is C9H11F3N2O2S. The molecule has 2 N–H and O–H groups in total. The third-order valence-electron chi connectivity index (χ3n) is 2.07. The maximum absolute atomic E-state index is 12.5. The predicted molar refractivity (Wildman–Crippen MR) is 57.5 cm³/mol. The van der Waals surface area contributed by atoms with Crippen LogP contribution in [0.15, 0.2) is 0 Å². The molecule has 8 heteroatoms. The van der Waals surface area contributed by atoms with Crippen molar-refractivity contribution in [2.75, 3.05) is 5.32 Å². The predicted octanol–water partition coefficient (Wildman–Crippen LogP) is 3.07. The van der Waals surface area contributed by atoms with E-state index in [1.54, 1.807) is 6.92 Å². The van der Waals surface area contributed by atoms with Gasteiger partial charge in [0.1, 0.15) is 4.88 Å². The second kappa shape index (κ2) is 4.91. The molecule has 96 valence electrons. The smallest absolute Gasteiger partial charge is 0.435 e. The highest BCUT2D eigenvalue weighted by Gasteiger charge is 2.39. The zero-order chi connectivity index (χ0) is 13.2. The monoisotopic (exact) mass is 268 g/mol. The van der Waals surface area contributed by atoms with Gasteiger partial charge in [0.15, 0.2) is 10.8 Å². The van der Waals surface area contributed by atoms with Crippen molar-refractivity contribution in [3.63, 3.8) is 0 Å². The molecule has 0 amide bonds. The number of halogens is 3. The van der Waals surface area contributed by atoms with Crippen molar-refractivity contribution in [1.29, 1.82) is 0 Å². The molecule has 1 rings (SSSR count). The van der Waals surface area contributed by atoms with Crippen LogP contribution >= 0.6 is 11.3 Å². The van der Waals surface area contributed by atoms with Crippen LogP contribution in [0.4, 0.5) is 18.3 Å². The number of nitrogens with one attached hydrogen (secondary N) is 1. The molecule has 1 atom stereocenters. The first-order valence-corrected chi connectivity index (χ1v) is 5.65. The quantitative estimate of drug-likeness (QED) is 0.881. The lowest BCUT2D eigenvalue weighted by Crippen LogP contribution is -2.14. The van der Waals surface area contributed by atoms with Crippen molar-refractivity contribution in [3.05, 3.63) is 10.6 Å². The van der Waals surface area contributed by atoms with Gasteiger partial charge in [-0.1, -0.05) is 18.3 Å². The summed E-state index contributed by atoms with van der Waals surface area (Å²) >= 11 is 0.496. The maximum atomic E-state index is 12.5. The molecule has 0 radical (unpaired) electrons. The van der Waals surface area contributed by atoms with Gasteiger partial charge in [0.05, 0.1) is 0 Å². The number of aromatic carboxylic acids is 1. The number of hydrogen-bond acceptors (Lipinski definition) is 4. The van der Waals surface area contributed by atoms with Gasteiger partial charge in [-0.05, 0) is 13.3 Å². The fourth-order valence-electron chi connectivity index (χ4n) is 1.03. The summed E-state index contributed by atoms with van der Waals surface area (Å²) in [5.41, 5.74) is -1.35. The average Bonchev–Trinajstić information content (AvgIpc) is 2.61. The van der Waals surface area contributed by atoms with Crippen molar-refractivity contribution < 1.29 is 23.1 Å². The van der Waals surface area contributed by atoms with Crippen LogP contribution in [-0.4, -0.2) is 22.1 Å². The van der Waals surface area contributed by atoms with Gasteiger partial charge < -0.3 is 10.4 Å². The van der Waals surface area contributed by atoms with Crippen molar-refractivity contribution in [2.45, 2.75) is 32.5 Å². The summed E-state index contributed by atoms with van der Waals surface area (Å²) in [6, 6.07) is -0.0659. The topological polar surface area (TPSA) is 62.2 Å². The molecule has 0 saturated heterocycles. The Bertz CT molecular complexity index is 417. The Morgan fingerprint density at radius 2 is 2.18 bits per heavy atom. The number of carbonyl (C=O) groups is 1. The summed E-state index contributed by atoms with van der Waals surface area (Å²) in [5, 5.41) is 11.4. The summed E-state index contributed by atoms with van der Waals surface area (Å²) in [5.74, 6) is -1.62. The molecule has 1 aromatic heterocycles.